The average Bonchev–Trinajstić information content (AvgIpc) is 2.99. The Kier molecular flexibility index (Phi) is 3.45. The number of para-hydroxylation sites is 1. The van der Waals surface area contributed by atoms with Gasteiger partial charge in [0.15, 0.2) is 0 Å². The van der Waals surface area contributed by atoms with Crippen LogP contribution in [0.5, 0.6) is 0 Å². The van der Waals surface area contributed by atoms with Gasteiger partial charge in [-0.2, -0.15) is 0 Å². The molecule has 3 heterocycles. The van der Waals surface area contributed by atoms with Gasteiger partial charge in [0.25, 0.3) is 11.5 Å². The fourth-order valence-electron chi connectivity index (χ4n) is 2.91. The van der Waals surface area contributed by atoms with E-state index in [1.807, 2.05) is 30.3 Å². The summed E-state index contributed by atoms with van der Waals surface area (Å²) in [5.41, 5.74) is 2.46. The van der Waals surface area contributed by atoms with Crippen LogP contribution in [0.15, 0.2) is 53.7 Å². The molecule has 24 heavy (non-hydrogen) atoms. The molecule has 120 valence electrons. The third kappa shape index (κ3) is 2.40. The molecule has 0 spiro atoms. The predicted molar refractivity (Wildman–Crippen MR) is 86.9 cm³/mol. The lowest BCUT2D eigenvalue weighted by Gasteiger charge is -2.25. The van der Waals surface area contributed by atoms with Gasteiger partial charge in [-0.1, -0.05) is 18.2 Å². The van der Waals surface area contributed by atoms with Gasteiger partial charge in [-0.3, -0.25) is 19.7 Å². The average molecular weight is 321 g/mol. The maximum absolute atomic E-state index is 12.7. The van der Waals surface area contributed by atoms with Gasteiger partial charge in [0.1, 0.15) is 5.69 Å². The predicted octanol–water partition coefficient (Wildman–Crippen LogP) is 1.15. The third-order valence-corrected chi connectivity index (χ3v) is 4.14. The Morgan fingerprint density at radius 2 is 2.00 bits per heavy atom. The Morgan fingerprint density at radius 3 is 2.75 bits per heavy atom. The first kappa shape index (κ1) is 14.4. The first-order valence-corrected chi connectivity index (χ1v) is 7.67. The molecule has 7 nitrogen and oxygen atoms in total. The van der Waals surface area contributed by atoms with Gasteiger partial charge in [0, 0.05) is 31.1 Å². The summed E-state index contributed by atoms with van der Waals surface area (Å²) in [6.07, 6.45) is 5.06. The number of rotatable bonds is 2. The topological polar surface area (TPSA) is 83.9 Å². The van der Waals surface area contributed by atoms with Crippen LogP contribution in [0, 0.1) is 0 Å². The van der Waals surface area contributed by atoms with Gasteiger partial charge >= 0.3 is 0 Å². The van der Waals surface area contributed by atoms with E-state index < -0.39 is 0 Å². The van der Waals surface area contributed by atoms with Gasteiger partial charge in [-0.25, -0.2) is 9.67 Å². The zero-order valence-corrected chi connectivity index (χ0v) is 12.8. The van der Waals surface area contributed by atoms with E-state index >= 15 is 0 Å². The first-order valence-electron chi connectivity index (χ1n) is 7.67. The van der Waals surface area contributed by atoms with E-state index in [-0.39, 0.29) is 18.0 Å². The first-order chi connectivity index (χ1) is 11.7. The maximum atomic E-state index is 12.7. The molecular formula is C17H15N5O2. The number of benzene rings is 1. The minimum Gasteiger partial charge on any atom is -0.332 e. The minimum atomic E-state index is -0.208. The number of fused-ring (bicyclic) bond motifs is 1. The van der Waals surface area contributed by atoms with Crippen LogP contribution in [-0.4, -0.2) is 37.1 Å². The molecule has 0 radical (unpaired) electrons. The zero-order chi connectivity index (χ0) is 16.5. The second kappa shape index (κ2) is 5.77. The Bertz CT molecular complexity index is 931. The van der Waals surface area contributed by atoms with E-state index in [1.165, 1.54) is 23.3 Å². The van der Waals surface area contributed by atoms with Gasteiger partial charge in [-0.05, 0) is 12.1 Å². The fourth-order valence-corrected chi connectivity index (χ4v) is 2.91. The second-order valence-electron chi connectivity index (χ2n) is 5.61. The lowest BCUT2D eigenvalue weighted by Crippen LogP contribution is -2.38. The third-order valence-electron chi connectivity index (χ3n) is 4.14. The van der Waals surface area contributed by atoms with Crippen LogP contribution in [0.2, 0.25) is 0 Å². The van der Waals surface area contributed by atoms with Crippen molar-refractivity contribution in [1.29, 1.82) is 0 Å². The highest BCUT2D eigenvalue weighted by molar-refractivity contribution is 5.92. The molecule has 0 fully saturated rings. The maximum Gasteiger partial charge on any atom is 0.276 e. The van der Waals surface area contributed by atoms with Crippen LogP contribution in [0.4, 0.5) is 0 Å². The molecule has 1 aromatic carbocycles. The Morgan fingerprint density at radius 1 is 1.17 bits per heavy atom. The molecule has 0 bridgehead atoms. The lowest BCUT2D eigenvalue weighted by molar-refractivity contribution is 0.0727. The number of hydrogen-bond acceptors (Lipinski definition) is 4. The quantitative estimate of drug-likeness (QED) is 0.767. The molecule has 1 N–H and O–H groups in total. The van der Waals surface area contributed by atoms with Gasteiger partial charge in [0.2, 0.25) is 0 Å². The van der Waals surface area contributed by atoms with Crippen molar-refractivity contribution in [2.75, 3.05) is 6.54 Å². The number of carbonyl (C=O) groups is 1. The summed E-state index contributed by atoms with van der Waals surface area (Å²) in [6.45, 7) is 0.817. The molecule has 0 saturated heterocycles. The number of aromatic amines is 1. The number of hydrogen-bond donors (Lipinski definition) is 1. The summed E-state index contributed by atoms with van der Waals surface area (Å²) < 4.78 is 1.53. The van der Waals surface area contributed by atoms with E-state index in [0.29, 0.717) is 24.2 Å². The highest BCUT2D eigenvalue weighted by Gasteiger charge is 2.27. The van der Waals surface area contributed by atoms with Gasteiger partial charge in [-0.15, -0.1) is 0 Å². The standard InChI is InChI=1S/C17H15N5O2/c23-16-13-11-21(17(24)15-10-18-7-8-19-15)9-6-14(13)20-22(16)12-4-2-1-3-5-12/h1-5,7-8,10,20H,6,9,11H2. The monoisotopic (exact) mass is 321 g/mol. The number of aromatic nitrogens is 4. The summed E-state index contributed by atoms with van der Waals surface area (Å²) in [6, 6.07) is 9.40. The lowest BCUT2D eigenvalue weighted by atomic mass is 10.1. The van der Waals surface area contributed by atoms with E-state index in [9.17, 15) is 9.59 Å². The van der Waals surface area contributed by atoms with E-state index in [4.69, 9.17) is 0 Å². The van der Waals surface area contributed by atoms with Crippen LogP contribution >= 0.6 is 0 Å². The largest absolute Gasteiger partial charge is 0.332 e. The summed E-state index contributed by atoms with van der Waals surface area (Å²) in [5.74, 6) is -0.208. The van der Waals surface area contributed by atoms with Crippen LogP contribution in [0.3, 0.4) is 0 Å². The molecule has 3 aromatic rings. The van der Waals surface area contributed by atoms with Gasteiger partial charge in [0.05, 0.1) is 24.0 Å². The van der Waals surface area contributed by atoms with Crippen molar-refractivity contribution >= 4 is 5.91 Å². The Balaban J connectivity index is 1.65. The molecule has 0 atom stereocenters. The van der Waals surface area contributed by atoms with Crippen LogP contribution < -0.4 is 5.56 Å². The van der Waals surface area contributed by atoms with Crippen molar-refractivity contribution in [1.82, 2.24) is 24.6 Å². The molecule has 1 amide bonds. The highest BCUT2D eigenvalue weighted by Crippen LogP contribution is 2.17. The summed E-state index contributed by atoms with van der Waals surface area (Å²) in [5, 5.41) is 3.16. The smallest absolute Gasteiger partial charge is 0.276 e. The summed E-state index contributed by atoms with van der Waals surface area (Å²) >= 11 is 0. The molecule has 0 saturated carbocycles. The molecule has 1 aliphatic heterocycles. The fraction of sp³-hybridized carbons (Fsp3) is 0.176. The normalized spacial score (nSPS) is 13.6. The molecule has 0 aliphatic carbocycles. The molecule has 2 aromatic heterocycles. The number of amides is 1. The van der Waals surface area contributed by atoms with Crippen molar-refractivity contribution in [2.24, 2.45) is 0 Å². The SMILES string of the molecule is O=C(c1cnccn1)N1CCc2[nH]n(-c3ccccc3)c(=O)c2C1. The summed E-state index contributed by atoms with van der Waals surface area (Å²) in [7, 11) is 0. The molecule has 4 rings (SSSR count). The van der Waals surface area contributed by atoms with E-state index in [0.717, 1.165) is 11.4 Å². The van der Waals surface area contributed by atoms with Crippen molar-refractivity contribution < 1.29 is 4.79 Å². The number of H-pyrrole nitrogens is 1. The number of nitrogens with zero attached hydrogens (tertiary/aromatic N) is 4. The van der Waals surface area contributed by atoms with E-state index in [1.54, 1.807) is 4.90 Å². The Labute approximate surface area is 137 Å². The zero-order valence-electron chi connectivity index (χ0n) is 12.8. The molecule has 7 heteroatoms. The van der Waals surface area contributed by atoms with Crippen LogP contribution in [0.25, 0.3) is 5.69 Å². The Hall–Kier alpha value is -3.22. The van der Waals surface area contributed by atoms with Crippen LogP contribution in [0.1, 0.15) is 21.7 Å². The van der Waals surface area contributed by atoms with Crippen LogP contribution in [-0.2, 0) is 13.0 Å². The molecule has 1 aliphatic rings. The minimum absolute atomic E-state index is 0.118. The number of carbonyl (C=O) groups excluding carboxylic acids is 1. The highest BCUT2D eigenvalue weighted by atomic mass is 16.2. The van der Waals surface area contributed by atoms with Crippen molar-refractivity contribution in [3.05, 3.63) is 76.2 Å². The van der Waals surface area contributed by atoms with Gasteiger partial charge < -0.3 is 4.90 Å². The summed E-state index contributed by atoms with van der Waals surface area (Å²) in [4.78, 5) is 34.8. The molecule has 0 unspecified atom stereocenters. The molecular weight excluding hydrogens is 306 g/mol. The van der Waals surface area contributed by atoms with Crippen molar-refractivity contribution in [2.45, 2.75) is 13.0 Å². The van der Waals surface area contributed by atoms with Crippen molar-refractivity contribution in [3.63, 3.8) is 0 Å². The second-order valence-corrected chi connectivity index (χ2v) is 5.61. The van der Waals surface area contributed by atoms with E-state index in [2.05, 4.69) is 15.1 Å². The van der Waals surface area contributed by atoms with Crippen molar-refractivity contribution in [3.8, 4) is 5.69 Å². The number of nitrogens with one attached hydrogen (secondary N) is 1.